The summed E-state index contributed by atoms with van der Waals surface area (Å²) in [6, 6.07) is 6.20. The molecular weight excluding hydrogens is 425 g/mol. The number of carbonyl (C=O) groups excluding carboxylic acids is 3. The van der Waals surface area contributed by atoms with Crippen molar-refractivity contribution >= 4 is 29.3 Å². The minimum atomic E-state index is -0.881. The molecule has 31 heavy (non-hydrogen) atoms. The maximum absolute atomic E-state index is 14.8. The molecule has 1 aromatic heterocycles. The summed E-state index contributed by atoms with van der Waals surface area (Å²) >= 11 is 6.26. The zero-order valence-electron chi connectivity index (χ0n) is 17.4. The molecule has 2 heterocycles. The molecule has 1 saturated heterocycles. The number of methoxy groups -OCH3 is 1. The van der Waals surface area contributed by atoms with E-state index < -0.39 is 23.1 Å². The highest BCUT2D eigenvalue weighted by atomic mass is 35.5. The molecule has 3 rings (SSSR count). The summed E-state index contributed by atoms with van der Waals surface area (Å²) in [5.74, 6) is -2.24. The Labute approximate surface area is 184 Å². The molecule has 0 aliphatic carbocycles. The van der Waals surface area contributed by atoms with Crippen LogP contribution in [0.3, 0.4) is 0 Å². The van der Waals surface area contributed by atoms with E-state index in [0.29, 0.717) is 17.0 Å². The second kappa shape index (κ2) is 9.01. The van der Waals surface area contributed by atoms with Gasteiger partial charge in [0, 0.05) is 35.8 Å². The number of pyridine rings is 1. The van der Waals surface area contributed by atoms with Gasteiger partial charge in [0.15, 0.2) is 0 Å². The predicted molar refractivity (Wildman–Crippen MR) is 112 cm³/mol. The lowest BCUT2D eigenvalue weighted by molar-refractivity contribution is -0.134. The number of amides is 3. The van der Waals surface area contributed by atoms with Gasteiger partial charge in [0.05, 0.1) is 18.4 Å². The largest absolute Gasteiger partial charge is 0.481 e. The van der Waals surface area contributed by atoms with Crippen molar-refractivity contribution in [2.45, 2.75) is 44.6 Å². The van der Waals surface area contributed by atoms with Gasteiger partial charge < -0.3 is 10.1 Å². The molecule has 2 aromatic rings. The van der Waals surface area contributed by atoms with Gasteiger partial charge in [-0.05, 0) is 43.5 Å². The van der Waals surface area contributed by atoms with E-state index in [1.54, 1.807) is 32.2 Å². The van der Waals surface area contributed by atoms with Crippen LogP contribution < -0.4 is 15.4 Å². The minimum Gasteiger partial charge on any atom is -0.481 e. The Morgan fingerprint density at radius 3 is 2.68 bits per heavy atom. The number of piperidine rings is 1. The Balaban J connectivity index is 1.72. The Hall–Kier alpha value is -3.00. The van der Waals surface area contributed by atoms with Gasteiger partial charge in [-0.25, -0.2) is 9.37 Å². The van der Waals surface area contributed by atoms with Crippen molar-refractivity contribution in [3.8, 4) is 5.88 Å². The van der Waals surface area contributed by atoms with Crippen LogP contribution in [0.1, 0.15) is 49.3 Å². The third kappa shape index (κ3) is 4.85. The van der Waals surface area contributed by atoms with E-state index in [1.807, 2.05) is 0 Å². The fourth-order valence-electron chi connectivity index (χ4n) is 3.45. The number of nitrogens with one attached hydrogen (secondary N) is 2. The third-order valence-electron chi connectivity index (χ3n) is 5.41. The molecule has 1 aliphatic heterocycles. The number of carbonyl (C=O) groups is 3. The van der Waals surface area contributed by atoms with E-state index >= 15 is 0 Å². The lowest BCUT2D eigenvalue weighted by Gasteiger charge is -2.25. The van der Waals surface area contributed by atoms with Crippen LogP contribution in [-0.4, -0.2) is 29.8 Å². The molecule has 1 unspecified atom stereocenters. The topological polar surface area (TPSA) is 97.4 Å². The van der Waals surface area contributed by atoms with Crippen molar-refractivity contribution in [1.29, 1.82) is 0 Å². The lowest BCUT2D eigenvalue weighted by atomic mass is 9.84. The van der Waals surface area contributed by atoms with Gasteiger partial charge in [-0.2, -0.15) is 0 Å². The van der Waals surface area contributed by atoms with E-state index in [0.717, 1.165) is 0 Å². The smallest absolute Gasteiger partial charge is 0.234 e. The maximum Gasteiger partial charge on any atom is 0.234 e. The maximum atomic E-state index is 14.8. The highest BCUT2D eigenvalue weighted by Gasteiger charge is 2.33. The summed E-state index contributed by atoms with van der Waals surface area (Å²) in [6.07, 6.45) is 1.89. The molecule has 0 saturated carbocycles. The van der Waals surface area contributed by atoms with Gasteiger partial charge in [-0.3, -0.25) is 19.7 Å². The summed E-state index contributed by atoms with van der Waals surface area (Å²) < 4.78 is 19.8. The van der Waals surface area contributed by atoms with Gasteiger partial charge in [0.25, 0.3) is 0 Å². The zero-order chi connectivity index (χ0) is 22.8. The molecule has 3 amide bonds. The molecule has 164 valence electrons. The second-order valence-electron chi connectivity index (χ2n) is 7.87. The number of aromatic nitrogens is 1. The molecular formula is C22H23ClFN3O4. The van der Waals surface area contributed by atoms with Crippen molar-refractivity contribution in [3.63, 3.8) is 0 Å². The van der Waals surface area contributed by atoms with Crippen LogP contribution in [-0.2, 0) is 26.3 Å². The average Bonchev–Trinajstić information content (AvgIpc) is 2.73. The van der Waals surface area contributed by atoms with Crippen LogP contribution in [0.2, 0.25) is 5.02 Å². The molecule has 1 aliphatic rings. The number of halogens is 2. The van der Waals surface area contributed by atoms with E-state index in [1.165, 1.54) is 19.2 Å². The fourth-order valence-corrected chi connectivity index (χ4v) is 3.81. The van der Waals surface area contributed by atoms with Gasteiger partial charge in [-0.1, -0.05) is 17.7 Å². The minimum absolute atomic E-state index is 0.0537. The molecule has 9 heteroatoms. The first-order chi connectivity index (χ1) is 14.6. The quantitative estimate of drug-likeness (QED) is 0.663. The van der Waals surface area contributed by atoms with Gasteiger partial charge in [0.2, 0.25) is 23.6 Å². The Kier molecular flexibility index (Phi) is 6.59. The first kappa shape index (κ1) is 22.7. The Morgan fingerprint density at radius 1 is 1.35 bits per heavy atom. The van der Waals surface area contributed by atoms with Crippen LogP contribution >= 0.6 is 11.6 Å². The first-order valence-electron chi connectivity index (χ1n) is 9.73. The SMILES string of the molecule is COc1ccc(C(C)(C)C(=O)NCc2cc(F)c(C3CCC(=O)NC3=O)c(Cl)c2)cn1. The van der Waals surface area contributed by atoms with Crippen molar-refractivity contribution in [1.82, 2.24) is 15.6 Å². The Morgan fingerprint density at radius 2 is 2.10 bits per heavy atom. The van der Waals surface area contributed by atoms with Crippen LogP contribution in [0, 0.1) is 5.82 Å². The number of benzene rings is 1. The van der Waals surface area contributed by atoms with Crippen LogP contribution in [0.4, 0.5) is 4.39 Å². The molecule has 1 atom stereocenters. The van der Waals surface area contributed by atoms with Crippen molar-refractivity contribution < 1.29 is 23.5 Å². The first-order valence-corrected chi connectivity index (χ1v) is 10.1. The van der Waals surface area contributed by atoms with E-state index in [2.05, 4.69) is 15.6 Å². The number of imide groups is 1. The predicted octanol–water partition coefficient (Wildman–Crippen LogP) is 3.00. The normalized spacial score (nSPS) is 16.6. The summed E-state index contributed by atoms with van der Waals surface area (Å²) in [7, 11) is 1.51. The number of hydrogen-bond acceptors (Lipinski definition) is 5. The number of hydrogen-bond donors (Lipinski definition) is 2. The van der Waals surface area contributed by atoms with Gasteiger partial charge >= 0.3 is 0 Å². The highest BCUT2D eigenvalue weighted by Crippen LogP contribution is 2.33. The highest BCUT2D eigenvalue weighted by molar-refractivity contribution is 6.31. The molecule has 0 bridgehead atoms. The van der Waals surface area contributed by atoms with Crippen LogP contribution in [0.25, 0.3) is 0 Å². The lowest BCUT2D eigenvalue weighted by Crippen LogP contribution is -2.40. The molecule has 1 aromatic carbocycles. The van der Waals surface area contributed by atoms with Crippen LogP contribution in [0.5, 0.6) is 5.88 Å². The molecule has 1 fully saturated rings. The van der Waals surface area contributed by atoms with E-state index in [9.17, 15) is 18.8 Å². The molecule has 0 radical (unpaired) electrons. The van der Waals surface area contributed by atoms with E-state index in [4.69, 9.17) is 16.3 Å². The molecule has 2 N–H and O–H groups in total. The third-order valence-corrected chi connectivity index (χ3v) is 5.73. The number of ether oxygens (including phenoxy) is 1. The summed E-state index contributed by atoms with van der Waals surface area (Å²) in [4.78, 5) is 40.3. The summed E-state index contributed by atoms with van der Waals surface area (Å²) in [5, 5.41) is 5.07. The Bertz CT molecular complexity index is 1000. The molecule has 0 spiro atoms. The average molecular weight is 448 g/mol. The monoisotopic (exact) mass is 447 g/mol. The fraction of sp³-hybridized carbons (Fsp3) is 0.364. The second-order valence-corrected chi connectivity index (χ2v) is 8.28. The van der Waals surface area contributed by atoms with Crippen molar-refractivity contribution in [3.05, 3.63) is 58.0 Å². The van der Waals surface area contributed by atoms with Crippen LogP contribution in [0.15, 0.2) is 30.5 Å². The zero-order valence-corrected chi connectivity index (χ0v) is 18.2. The van der Waals surface area contributed by atoms with Gasteiger partial charge in [-0.15, -0.1) is 0 Å². The van der Waals surface area contributed by atoms with E-state index in [-0.39, 0.29) is 41.8 Å². The summed E-state index contributed by atoms with van der Waals surface area (Å²) in [6.45, 7) is 3.56. The summed E-state index contributed by atoms with van der Waals surface area (Å²) in [5.41, 5.74) is 0.332. The van der Waals surface area contributed by atoms with Gasteiger partial charge in [0.1, 0.15) is 5.82 Å². The number of nitrogens with zero attached hydrogens (tertiary/aromatic N) is 1. The van der Waals surface area contributed by atoms with Crippen molar-refractivity contribution in [2.24, 2.45) is 0 Å². The van der Waals surface area contributed by atoms with Crippen molar-refractivity contribution in [2.75, 3.05) is 7.11 Å². The standard InChI is InChI=1S/C22H23ClFN3O4/c1-22(2,13-4-7-18(31-3)25-11-13)21(30)26-10-12-8-15(23)19(16(24)9-12)14-5-6-17(28)27-20(14)29/h4,7-9,11,14H,5-6,10H2,1-3H3,(H,26,30)(H,27,28,29). The molecule has 7 nitrogen and oxygen atoms in total. The number of rotatable bonds is 6.